The van der Waals surface area contributed by atoms with E-state index >= 15 is 0 Å². The van der Waals surface area contributed by atoms with E-state index in [0.717, 1.165) is 76.0 Å². The van der Waals surface area contributed by atoms with Crippen LogP contribution in [0, 0.1) is 0 Å². The van der Waals surface area contributed by atoms with Crippen molar-refractivity contribution in [1.82, 2.24) is 5.32 Å². The van der Waals surface area contributed by atoms with Crippen LogP contribution in [0.25, 0.3) is 34.4 Å². The lowest BCUT2D eigenvalue weighted by Crippen LogP contribution is -2.36. The van der Waals surface area contributed by atoms with E-state index in [2.05, 4.69) is 181 Å². The second-order valence-electron chi connectivity index (χ2n) is 14.9. The number of ketones is 2. The number of hydrogen-bond donors (Lipinski definition) is 1. The molecule has 6 aromatic carbocycles. The molecular weight excluding hydrogens is 683 g/mol. The summed E-state index contributed by atoms with van der Waals surface area (Å²) in [5.74, 6) is 0.0781. The maximum Gasteiger partial charge on any atom is 0.161 e. The number of dihydropyridines is 1. The zero-order valence-electron chi connectivity index (χ0n) is 31.4. The molecule has 6 aromatic rings. The first-order valence-corrected chi connectivity index (χ1v) is 19.8. The Hall–Kier alpha value is -6.58. The van der Waals surface area contributed by atoms with E-state index in [1.54, 1.807) is 0 Å². The molecule has 3 heteroatoms. The molecule has 0 saturated heterocycles. The van der Waals surface area contributed by atoms with Crippen molar-refractivity contribution >= 4 is 34.9 Å². The Morgan fingerprint density at radius 2 is 0.804 bits per heavy atom. The maximum absolute atomic E-state index is 13.2. The SMILES string of the molecule is O=C1CCCC2=C1C(c1ccc(/C=C/c3ccc(-c4ccc(C(=C(c5ccccc5)c5ccccc5)c5ccccc5)cc4)cc3)cc1)C1=C(CCCC1=O)N2. The van der Waals surface area contributed by atoms with Crippen molar-refractivity contribution in [2.45, 2.75) is 44.4 Å². The summed E-state index contributed by atoms with van der Waals surface area (Å²) in [7, 11) is 0. The van der Waals surface area contributed by atoms with Gasteiger partial charge in [0.25, 0.3) is 0 Å². The first-order valence-electron chi connectivity index (χ1n) is 19.8. The van der Waals surface area contributed by atoms with Crippen LogP contribution in [0.4, 0.5) is 0 Å². The molecule has 0 aromatic heterocycles. The summed E-state index contributed by atoms with van der Waals surface area (Å²) in [5.41, 5.74) is 16.3. The number of nitrogens with one attached hydrogen (secondary N) is 1. The predicted octanol–water partition coefficient (Wildman–Crippen LogP) is 12.2. The zero-order chi connectivity index (χ0) is 37.8. The Labute approximate surface area is 329 Å². The number of carbonyl (C=O) groups is 2. The Morgan fingerprint density at radius 1 is 0.429 bits per heavy atom. The maximum atomic E-state index is 13.2. The van der Waals surface area contributed by atoms with Gasteiger partial charge in [0.2, 0.25) is 0 Å². The Kier molecular flexibility index (Phi) is 9.82. The van der Waals surface area contributed by atoms with Crippen LogP contribution in [0.15, 0.2) is 186 Å². The molecule has 9 rings (SSSR count). The molecule has 272 valence electrons. The normalized spacial score (nSPS) is 15.7. The summed E-state index contributed by atoms with van der Waals surface area (Å²) in [6, 6.07) is 58.0. The van der Waals surface area contributed by atoms with Crippen molar-refractivity contribution in [2.75, 3.05) is 0 Å². The average Bonchev–Trinajstić information content (AvgIpc) is 3.26. The van der Waals surface area contributed by atoms with Gasteiger partial charge in [0.1, 0.15) is 0 Å². The van der Waals surface area contributed by atoms with Crippen LogP contribution < -0.4 is 5.32 Å². The van der Waals surface area contributed by atoms with Crippen LogP contribution in [-0.2, 0) is 9.59 Å². The third-order valence-corrected chi connectivity index (χ3v) is 11.4. The van der Waals surface area contributed by atoms with Crippen LogP contribution in [0.3, 0.4) is 0 Å². The molecule has 0 saturated carbocycles. The van der Waals surface area contributed by atoms with Gasteiger partial charge in [0, 0.05) is 41.3 Å². The minimum atomic E-state index is -0.266. The molecule has 0 atom stereocenters. The molecule has 0 radical (unpaired) electrons. The highest BCUT2D eigenvalue weighted by atomic mass is 16.1. The molecule has 0 fully saturated rings. The number of Topliss-reactive ketones (excluding diaryl/α,β-unsaturated/α-hetero) is 2. The Balaban J connectivity index is 0.964. The molecule has 0 unspecified atom stereocenters. The van der Waals surface area contributed by atoms with Gasteiger partial charge in [-0.05, 0) is 86.9 Å². The standard InChI is InChI=1S/C53H43NO2/c55-47-20-10-18-45-52(47)51(53-46(54-45)19-11-21-48(53)56)44-30-26-37(27-31-44)23-22-36-24-28-38(29-25-36)39-32-34-43(35-33-39)50(42-16-8-3-9-17-42)49(40-12-4-1-5-13-40)41-14-6-2-7-15-41/h1-9,12-17,22-35,51,54H,10-11,18-21H2/b23-22+. The lowest BCUT2D eigenvalue weighted by Gasteiger charge is -2.37. The monoisotopic (exact) mass is 725 g/mol. The van der Waals surface area contributed by atoms with Crippen molar-refractivity contribution in [1.29, 1.82) is 0 Å². The van der Waals surface area contributed by atoms with Gasteiger partial charge in [-0.3, -0.25) is 9.59 Å². The highest BCUT2D eigenvalue weighted by Crippen LogP contribution is 2.45. The summed E-state index contributed by atoms with van der Waals surface area (Å²) >= 11 is 0. The van der Waals surface area contributed by atoms with E-state index in [9.17, 15) is 9.59 Å². The van der Waals surface area contributed by atoms with Crippen LogP contribution >= 0.6 is 0 Å². The van der Waals surface area contributed by atoms with Gasteiger partial charge in [-0.15, -0.1) is 0 Å². The van der Waals surface area contributed by atoms with Gasteiger partial charge in [-0.25, -0.2) is 0 Å². The quantitative estimate of drug-likeness (QED) is 0.159. The summed E-state index contributed by atoms with van der Waals surface area (Å²) in [4.78, 5) is 26.4. The summed E-state index contributed by atoms with van der Waals surface area (Å²) < 4.78 is 0. The van der Waals surface area contributed by atoms with Crippen LogP contribution in [0.5, 0.6) is 0 Å². The fourth-order valence-corrected chi connectivity index (χ4v) is 8.65. The van der Waals surface area contributed by atoms with Crippen molar-refractivity contribution in [3.05, 3.63) is 225 Å². The van der Waals surface area contributed by atoms with E-state index in [4.69, 9.17) is 0 Å². The third kappa shape index (κ3) is 7.05. The van der Waals surface area contributed by atoms with Crippen molar-refractivity contribution < 1.29 is 9.59 Å². The minimum absolute atomic E-state index is 0.172. The number of rotatable bonds is 8. The van der Waals surface area contributed by atoms with Gasteiger partial charge in [-0.1, -0.05) is 176 Å². The highest BCUT2D eigenvalue weighted by Gasteiger charge is 2.40. The van der Waals surface area contributed by atoms with Gasteiger partial charge in [0.05, 0.1) is 0 Å². The van der Waals surface area contributed by atoms with E-state index in [1.807, 2.05) is 0 Å². The molecule has 3 aliphatic rings. The lowest BCUT2D eigenvalue weighted by molar-refractivity contribution is -0.117. The highest BCUT2D eigenvalue weighted by molar-refractivity contribution is 6.07. The summed E-state index contributed by atoms with van der Waals surface area (Å²) in [5, 5.41) is 3.51. The van der Waals surface area contributed by atoms with Gasteiger partial charge in [0.15, 0.2) is 11.6 Å². The minimum Gasteiger partial charge on any atom is -0.362 e. The largest absolute Gasteiger partial charge is 0.362 e. The first kappa shape index (κ1) is 35.1. The topological polar surface area (TPSA) is 46.2 Å². The molecule has 56 heavy (non-hydrogen) atoms. The van der Waals surface area contributed by atoms with Gasteiger partial charge < -0.3 is 5.32 Å². The number of allylic oxidation sites excluding steroid dienone is 4. The molecule has 1 heterocycles. The lowest BCUT2D eigenvalue weighted by atomic mass is 9.71. The molecule has 3 nitrogen and oxygen atoms in total. The second-order valence-corrected chi connectivity index (χ2v) is 14.9. The van der Waals surface area contributed by atoms with Crippen molar-refractivity contribution in [3.63, 3.8) is 0 Å². The molecule has 0 bridgehead atoms. The van der Waals surface area contributed by atoms with Gasteiger partial charge >= 0.3 is 0 Å². The molecule has 0 spiro atoms. The fraction of sp³-hybridized carbons (Fsp3) is 0.132. The van der Waals surface area contributed by atoms with E-state index < -0.39 is 0 Å². The molecule has 2 aliphatic carbocycles. The average molecular weight is 726 g/mol. The second kappa shape index (κ2) is 15.6. The molecule has 1 N–H and O–H groups in total. The van der Waals surface area contributed by atoms with E-state index in [0.29, 0.717) is 12.8 Å². The van der Waals surface area contributed by atoms with Crippen molar-refractivity contribution in [3.8, 4) is 11.1 Å². The first-order chi connectivity index (χ1) is 27.6. The molecule has 1 aliphatic heterocycles. The van der Waals surface area contributed by atoms with Crippen LogP contribution in [0.2, 0.25) is 0 Å². The fourth-order valence-electron chi connectivity index (χ4n) is 8.65. The molecular formula is C53H43NO2. The Bertz CT molecular complexity index is 2440. The van der Waals surface area contributed by atoms with Crippen LogP contribution in [0.1, 0.15) is 83.4 Å². The third-order valence-electron chi connectivity index (χ3n) is 11.4. The predicted molar refractivity (Wildman–Crippen MR) is 229 cm³/mol. The number of carbonyl (C=O) groups excluding carboxylic acids is 2. The van der Waals surface area contributed by atoms with E-state index in [-0.39, 0.29) is 17.5 Å². The van der Waals surface area contributed by atoms with Crippen molar-refractivity contribution in [2.24, 2.45) is 0 Å². The van der Waals surface area contributed by atoms with E-state index in [1.165, 1.54) is 33.4 Å². The summed E-state index contributed by atoms with van der Waals surface area (Å²) in [6.07, 6.45) is 8.82. The summed E-state index contributed by atoms with van der Waals surface area (Å²) in [6.45, 7) is 0. The zero-order valence-corrected chi connectivity index (χ0v) is 31.4. The molecule has 0 amide bonds. The van der Waals surface area contributed by atoms with Crippen LogP contribution in [-0.4, -0.2) is 11.6 Å². The Morgan fingerprint density at radius 3 is 1.23 bits per heavy atom. The number of hydrogen-bond acceptors (Lipinski definition) is 3. The number of benzene rings is 6. The van der Waals surface area contributed by atoms with Gasteiger partial charge in [-0.2, -0.15) is 0 Å². The smallest absolute Gasteiger partial charge is 0.161 e.